The van der Waals surface area contributed by atoms with Gasteiger partial charge in [-0.15, -0.1) is 0 Å². The fourth-order valence-corrected chi connectivity index (χ4v) is 3.60. The van der Waals surface area contributed by atoms with Crippen LogP contribution in [0, 0.1) is 13.8 Å². The van der Waals surface area contributed by atoms with Crippen molar-refractivity contribution in [3.8, 4) is 0 Å². The van der Waals surface area contributed by atoms with Gasteiger partial charge in [-0.25, -0.2) is 0 Å². The molecule has 0 radical (unpaired) electrons. The van der Waals surface area contributed by atoms with E-state index in [-0.39, 0.29) is 11.8 Å². The first-order valence-electron chi connectivity index (χ1n) is 8.92. The molecule has 26 heavy (non-hydrogen) atoms. The molecule has 2 aromatic rings. The first kappa shape index (κ1) is 18.5. The zero-order valence-electron chi connectivity index (χ0n) is 15.2. The average Bonchev–Trinajstić information content (AvgIpc) is 2.80. The van der Waals surface area contributed by atoms with Crippen molar-refractivity contribution in [2.75, 3.05) is 26.2 Å². The summed E-state index contributed by atoms with van der Waals surface area (Å²) in [5, 5.41) is 0.555. The quantitative estimate of drug-likeness (QED) is 0.898. The lowest BCUT2D eigenvalue weighted by Gasteiger charge is -2.22. The maximum atomic E-state index is 12.7. The van der Waals surface area contributed by atoms with Crippen LogP contribution in [0.2, 0.25) is 5.02 Å². The number of amides is 2. The van der Waals surface area contributed by atoms with Crippen molar-refractivity contribution in [1.29, 1.82) is 0 Å². The number of aromatic amines is 1. The third-order valence-electron chi connectivity index (χ3n) is 4.81. The Morgan fingerprint density at radius 1 is 1.08 bits per heavy atom. The van der Waals surface area contributed by atoms with Crippen molar-refractivity contribution in [1.82, 2.24) is 14.8 Å². The molecule has 1 saturated heterocycles. The van der Waals surface area contributed by atoms with Crippen LogP contribution in [0.25, 0.3) is 0 Å². The molecule has 1 fully saturated rings. The number of carbonyl (C=O) groups excluding carboxylic acids is 2. The molecule has 0 bridgehead atoms. The van der Waals surface area contributed by atoms with Crippen LogP contribution in [-0.2, 0) is 11.2 Å². The molecule has 138 valence electrons. The summed E-state index contributed by atoms with van der Waals surface area (Å²) in [4.78, 5) is 32.3. The number of H-pyrrole nitrogens is 1. The molecule has 6 heteroatoms. The van der Waals surface area contributed by atoms with E-state index in [2.05, 4.69) is 4.98 Å². The molecule has 1 N–H and O–H groups in total. The molecular formula is C20H24ClN3O2. The van der Waals surface area contributed by atoms with E-state index in [1.165, 1.54) is 0 Å². The van der Waals surface area contributed by atoms with Crippen LogP contribution >= 0.6 is 11.6 Å². The minimum atomic E-state index is -0.0288. The Balaban J connectivity index is 1.61. The predicted molar refractivity (Wildman–Crippen MR) is 103 cm³/mol. The van der Waals surface area contributed by atoms with Crippen LogP contribution in [0.4, 0.5) is 0 Å². The van der Waals surface area contributed by atoms with E-state index in [1.54, 1.807) is 24.3 Å². The van der Waals surface area contributed by atoms with Gasteiger partial charge in [-0.05, 0) is 50.1 Å². The monoisotopic (exact) mass is 373 g/mol. The number of aromatic nitrogens is 1. The van der Waals surface area contributed by atoms with Gasteiger partial charge in [0.2, 0.25) is 5.91 Å². The lowest BCUT2D eigenvalue weighted by atomic mass is 10.1. The van der Waals surface area contributed by atoms with Crippen molar-refractivity contribution >= 4 is 23.4 Å². The molecule has 2 amide bonds. The van der Waals surface area contributed by atoms with Crippen LogP contribution < -0.4 is 0 Å². The van der Waals surface area contributed by atoms with Gasteiger partial charge >= 0.3 is 0 Å². The van der Waals surface area contributed by atoms with E-state index >= 15 is 0 Å². The molecule has 0 saturated carbocycles. The minimum Gasteiger partial charge on any atom is -0.362 e. The van der Waals surface area contributed by atoms with Crippen LogP contribution in [0.15, 0.2) is 30.3 Å². The number of aryl methyl sites for hydroxylation is 2. The van der Waals surface area contributed by atoms with Gasteiger partial charge in [0.05, 0.1) is 6.42 Å². The second kappa shape index (κ2) is 7.96. The second-order valence-corrected chi connectivity index (χ2v) is 7.25. The summed E-state index contributed by atoms with van der Waals surface area (Å²) < 4.78 is 0. The predicted octanol–water partition coefficient (Wildman–Crippen LogP) is 3.20. The largest absolute Gasteiger partial charge is 0.362 e. The van der Waals surface area contributed by atoms with Crippen LogP contribution in [0.5, 0.6) is 0 Å². The fourth-order valence-electron chi connectivity index (χ4n) is 3.41. The van der Waals surface area contributed by atoms with E-state index in [0.717, 1.165) is 23.4 Å². The second-order valence-electron chi connectivity index (χ2n) is 6.82. The standard InChI is InChI=1S/C20H24ClN3O2/c1-14-11-17(15(2)22-14)13-19(25)23-7-4-8-24(10-9-23)20(26)16-5-3-6-18(21)12-16/h3,5-6,11-12,22H,4,7-10,13H2,1-2H3. The van der Waals surface area contributed by atoms with Crippen molar-refractivity contribution in [3.63, 3.8) is 0 Å². The lowest BCUT2D eigenvalue weighted by Crippen LogP contribution is -2.38. The Morgan fingerprint density at radius 2 is 1.81 bits per heavy atom. The van der Waals surface area contributed by atoms with E-state index in [9.17, 15) is 9.59 Å². The first-order chi connectivity index (χ1) is 12.4. The average molecular weight is 374 g/mol. The molecule has 0 unspecified atom stereocenters. The van der Waals surface area contributed by atoms with E-state index < -0.39 is 0 Å². The zero-order valence-corrected chi connectivity index (χ0v) is 16.0. The number of hydrogen-bond acceptors (Lipinski definition) is 2. The summed E-state index contributed by atoms with van der Waals surface area (Å²) in [6, 6.07) is 9.03. The zero-order chi connectivity index (χ0) is 18.7. The van der Waals surface area contributed by atoms with Crippen molar-refractivity contribution in [2.45, 2.75) is 26.7 Å². The summed E-state index contributed by atoms with van der Waals surface area (Å²) in [6.45, 7) is 6.42. The molecule has 1 aliphatic rings. The Labute approximate surface area is 158 Å². The number of nitrogens with zero attached hydrogens (tertiary/aromatic N) is 2. The van der Waals surface area contributed by atoms with Gasteiger partial charge in [0.25, 0.3) is 5.91 Å². The molecular weight excluding hydrogens is 350 g/mol. The summed E-state index contributed by atoms with van der Waals surface area (Å²) in [6.07, 6.45) is 1.18. The lowest BCUT2D eigenvalue weighted by molar-refractivity contribution is -0.130. The highest BCUT2D eigenvalue weighted by Gasteiger charge is 2.23. The first-order valence-corrected chi connectivity index (χ1v) is 9.29. The summed E-state index contributed by atoms with van der Waals surface area (Å²) in [5.74, 6) is 0.0862. The molecule has 0 aliphatic carbocycles. The van der Waals surface area contributed by atoms with Crippen LogP contribution in [-0.4, -0.2) is 52.8 Å². The van der Waals surface area contributed by atoms with Gasteiger partial charge < -0.3 is 14.8 Å². The van der Waals surface area contributed by atoms with Gasteiger partial charge in [0, 0.05) is 48.2 Å². The maximum absolute atomic E-state index is 12.7. The molecule has 1 aliphatic heterocycles. The van der Waals surface area contributed by atoms with Crippen molar-refractivity contribution in [2.24, 2.45) is 0 Å². The normalized spacial score (nSPS) is 15.0. The highest BCUT2D eigenvalue weighted by Crippen LogP contribution is 2.16. The van der Waals surface area contributed by atoms with Crippen LogP contribution in [0.1, 0.15) is 33.7 Å². The minimum absolute atomic E-state index is 0.0288. The third kappa shape index (κ3) is 4.28. The number of rotatable bonds is 3. The molecule has 2 heterocycles. The van der Waals surface area contributed by atoms with Crippen molar-refractivity contribution in [3.05, 3.63) is 57.9 Å². The smallest absolute Gasteiger partial charge is 0.253 e. The highest BCUT2D eigenvalue weighted by molar-refractivity contribution is 6.30. The molecule has 1 aromatic heterocycles. The number of carbonyl (C=O) groups is 2. The summed E-state index contributed by atoms with van der Waals surface area (Å²) in [5.41, 5.74) is 3.75. The number of halogens is 1. The van der Waals surface area contributed by atoms with Gasteiger partial charge in [-0.1, -0.05) is 17.7 Å². The fraction of sp³-hybridized carbons (Fsp3) is 0.400. The number of benzene rings is 1. The third-order valence-corrected chi connectivity index (χ3v) is 5.04. The Hall–Kier alpha value is -2.27. The molecule has 0 spiro atoms. The topological polar surface area (TPSA) is 56.4 Å². The van der Waals surface area contributed by atoms with E-state index in [1.807, 2.05) is 29.7 Å². The van der Waals surface area contributed by atoms with Crippen LogP contribution in [0.3, 0.4) is 0 Å². The van der Waals surface area contributed by atoms with Gasteiger partial charge in [-0.2, -0.15) is 0 Å². The molecule has 3 rings (SSSR count). The summed E-state index contributed by atoms with van der Waals surface area (Å²) >= 11 is 5.99. The van der Waals surface area contributed by atoms with Gasteiger partial charge in [-0.3, -0.25) is 9.59 Å². The van der Waals surface area contributed by atoms with Gasteiger partial charge in [0.1, 0.15) is 0 Å². The summed E-state index contributed by atoms with van der Waals surface area (Å²) in [7, 11) is 0. The maximum Gasteiger partial charge on any atom is 0.253 e. The van der Waals surface area contributed by atoms with E-state index in [4.69, 9.17) is 11.6 Å². The highest BCUT2D eigenvalue weighted by atomic mass is 35.5. The Bertz CT molecular complexity index is 815. The number of hydrogen-bond donors (Lipinski definition) is 1. The Morgan fingerprint density at radius 3 is 2.50 bits per heavy atom. The number of nitrogens with one attached hydrogen (secondary N) is 1. The molecule has 5 nitrogen and oxygen atoms in total. The molecule has 1 aromatic carbocycles. The van der Waals surface area contributed by atoms with Gasteiger partial charge in [0.15, 0.2) is 0 Å². The van der Waals surface area contributed by atoms with Crippen molar-refractivity contribution < 1.29 is 9.59 Å². The SMILES string of the molecule is Cc1cc(CC(=O)N2CCCN(C(=O)c3cccc(Cl)c3)CC2)c(C)[nH]1. The van der Waals surface area contributed by atoms with E-state index in [0.29, 0.717) is 43.2 Å². The molecule has 0 atom stereocenters. The Kier molecular flexibility index (Phi) is 5.67.